The van der Waals surface area contributed by atoms with Crippen LogP contribution in [0.1, 0.15) is 17.5 Å². The fourth-order valence-corrected chi connectivity index (χ4v) is 4.14. The highest BCUT2D eigenvalue weighted by molar-refractivity contribution is 7.89. The standard InChI is InChI=1S/C21H25N3O6S/c1-14-4-7-16(8-5-14)31(27,28)23-22-17-13-20(25)24(21(17)26)11-10-15-6-9-18(29-2)19(12-15)30-3/h4-9,12,17,22-23H,10-11,13H2,1-3H3/t17-/m1/s1. The third kappa shape index (κ3) is 5.22. The second-order valence-electron chi connectivity index (χ2n) is 7.14. The molecule has 0 aliphatic carbocycles. The van der Waals surface area contributed by atoms with Gasteiger partial charge in [0.2, 0.25) is 11.8 Å². The minimum Gasteiger partial charge on any atom is -0.493 e. The van der Waals surface area contributed by atoms with Gasteiger partial charge in [-0.05, 0) is 43.2 Å². The number of hydrogen-bond donors (Lipinski definition) is 2. The zero-order valence-corrected chi connectivity index (χ0v) is 18.4. The van der Waals surface area contributed by atoms with Gasteiger partial charge >= 0.3 is 0 Å². The monoisotopic (exact) mass is 447 g/mol. The molecule has 2 amide bonds. The predicted molar refractivity (Wildman–Crippen MR) is 113 cm³/mol. The second-order valence-corrected chi connectivity index (χ2v) is 8.82. The average molecular weight is 448 g/mol. The number of rotatable bonds is 9. The molecule has 2 N–H and O–H groups in total. The SMILES string of the molecule is COc1ccc(CCN2C(=O)C[C@@H](NNS(=O)(=O)c3ccc(C)cc3)C2=O)cc1OC. The number of hydrazine groups is 1. The molecule has 0 saturated carbocycles. The van der Waals surface area contributed by atoms with E-state index >= 15 is 0 Å². The van der Waals surface area contributed by atoms with Gasteiger partial charge in [0, 0.05) is 6.54 Å². The Labute approximate surface area is 181 Å². The van der Waals surface area contributed by atoms with E-state index in [4.69, 9.17) is 9.47 Å². The molecule has 2 aromatic rings. The summed E-state index contributed by atoms with van der Waals surface area (Å²) in [6, 6.07) is 10.7. The summed E-state index contributed by atoms with van der Waals surface area (Å²) in [5.74, 6) is 0.309. The van der Waals surface area contributed by atoms with Gasteiger partial charge in [0.25, 0.3) is 10.0 Å². The number of aryl methyl sites for hydroxylation is 1. The molecule has 1 atom stereocenters. The molecule has 0 bridgehead atoms. The molecule has 31 heavy (non-hydrogen) atoms. The molecule has 10 heteroatoms. The quantitative estimate of drug-likeness (QED) is 0.438. The maximum Gasteiger partial charge on any atom is 0.253 e. The molecule has 0 aromatic heterocycles. The van der Waals surface area contributed by atoms with Crippen LogP contribution in [0.3, 0.4) is 0 Å². The number of nitrogens with one attached hydrogen (secondary N) is 2. The van der Waals surface area contributed by atoms with E-state index in [0.29, 0.717) is 17.9 Å². The molecule has 0 radical (unpaired) electrons. The number of hydrogen-bond acceptors (Lipinski definition) is 7. The van der Waals surface area contributed by atoms with Gasteiger partial charge in [-0.1, -0.05) is 23.8 Å². The Bertz CT molecular complexity index is 1070. The van der Waals surface area contributed by atoms with E-state index in [1.807, 2.05) is 13.0 Å². The smallest absolute Gasteiger partial charge is 0.253 e. The molecular weight excluding hydrogens is 422 g/mol. The first-order valence-electron chi connectivity index (χ1n) is 9.64. The Morgan fingerprint density at radius 3 is 2.35 bits per heavy atom. The Balaban J connectivity index is 1.60. The largest absolute Gasteiger partial charge is 0.493 e. The Kier molecular flexibility index (Phi) is 6.94. The lowest BCUT2D eigenvalue weighted by atomic mass is 10.1. The van der Waals surface area contributed by atoms with Crippen LogP contribution >= 0.6 is 0 Å². The lowest BCUT2D eigenvalue weighted by Crippen LogP contribution is -2.48. The summed E-state index contributed by atoms with van der Waals surface area (Å²) >= 11 is 0. The van der Waals surface area contributed by atoms with Crippen LogP contribution < -0.4 is 19.7 Å². The van der Waals surface area contributed by atoms with Crippen molar-refractivity contribution in [3.8, 4) is 11.5 Å². The van der Waals surface area contributed by atoms with Gasteiger partial charge in [-0.25, -0.2) is 13.8 Å². The first kappa shape index (κ1) is 22.7. The summed E-state index contributed by atoms with van der Waals surface area (Å²) in [6.45, 7) is 2.03. The van der Waals surface area contributed by atoms with Gasteiger partial charge in [-0.2, -0.15) is 0 Å². The van der Waals surface area contributed by atoms with Gasteiger partial charge in [0.1, 0.15) is 6.04 Å². The van der Waals surface area contributed by atoms with E-state index in [9.17, 15) is 18.0 Å². The topological polar surface area (TPSA) is 114 Å². The first-order chi connectivity index (χ1) is 14.7. The molecule has 1 aliphatic heterocycles. The van der Waals surface area contributed by atoms with Crippen molar-refractivity contribution in [1.82, 2.24) is 15.2 Å². The molecule has 3 rings (SSSR count). The minimum atomic E-state index is -3.86. The van der Waals surface area contributed by atoms with Crippen molar-refractivity contribution in [3.05, 3.63) is 53.6 Å². The van der Waals surface area contributed by atoms with E-state index < -0.39 is 22.0 Å². The van der Waals surface area contributed by atoms with Crippen molar-refractivity contribution in [2.45, 2.75) is 30.7 Å². The Morgan fingerprint density at radius 2 is 1.71 bits per heavy atom. The Hall–Kier alpha value is -2.95. The molecule has 1 fully saturated rings. The van der Waals surface area contributed by atoms with Gasteiger partial charge in [0.05, 0.1) is 25.5 Å². The van der Waals surface area contributed by atoms with Crippen LogP contribution in [0.15, 0.2) is 47.4 Å². The molecule has 2 aromatic carbocycles. The number of likely N-dealkylation sites (tertiary alicyclic amines) is 1. The molecule has 1 heterocycles. The number of methoxy groups -OCH3 is 2. The van der Waals surface area contributed by atoms with Crippen molar-refractivity contribution in [3.63, 3.8) is 0 Å². The second kappa shape index (κ2) is 9.46. The van der Waals surface area contributed by atoms with Crippen molar-refractivity contribution >= 4 is 21.8 Å². The molecule has 1 saturated heterocycles. The van der Waals surface area contributed by atoms with Crippen molar-refractivity contribution < 1.29 is 27.5 Å². The number of imide groups is 1. The third-order valence-corrected chi connectivity index (χ3v) is 6.29. The normalized spacial score (nSPS) is 16.6. The maximum absolute atomic E-state index is 12.6. The van der Waals surface area contributed by atoms with Crippen LogP contribution in [-0.2, 0) is 26.0 Å². The summed E-state index contributed by atoms with van der Waals surface area (Å²) < 4.78 is 35.2. The highest BCUT2D eigenvalue weighted by Crippen LogP contribution is 2.28. The summed E-state index contributed by atoms with van der Waals surface area (Å²) in [7, 11) is -0.790. The summed E-state index contributed by atoms with van der Waals surface area (Å²) in [4.78, 5) is 28.3. The van der Waals surface area contributed by atoms with E-state index in [0.717, 1.165) is 16.0 Å². The van der Waals surface area contributed by atoms with Crippen molar-refractivity contribution in [2.75, 3.05) is 20.8 Å². The number of carbonyl (C=O) groups is 2. The van der Waals surface area contributed by atoms with E-state index in [-0.39, 0.29) is 23.8 Å². The van der Waals surface area contributed by atoms with Crippen LogP contribution in [0.25, 0.3) is 0 Å². The number of amides is 2. The zero-order chi connectivity index (χ0) is 22.6. The van der Waals surface area contributed by atoms with Gasteiger partial charge in [-0.3, -0.25) is 14.5 Å². The van der Waals surface area contributed by atoms with Gasteiger partial charge < -0.3 is 9.47 Å². The molecule has 0 spiro atoms. The Morgan fingerprint density at radius 1 is 1.03 bits per heavy atom. The maximum atomic E-state index is 12.6. The minimum absolute atomic E-state index is 0.0627. The predicted octanol–water partition coefficient (Wildman–Crippen LogP) is 1.17. The van der Waals surface area contributed by atoms with E-state index in [1.165, 1.54) is 19.2 Å². The number of ether oxygens (including phenoxy) is 2. The summed E-state index contributed by atoms with van der Waals surface area (Å²) in [6.07, 6.45) is 0.306. The van der Waals surface area contributed by atoms with E-state index in [1.54, 1.807) is 31.4 Å². The highest BCUT2D eigenvalue weighted by atomic mass is 32.2. The van der Waals surface area contributed by atoms with Crippen LogP contribution in [-0.4, -0.2) is 51.9 Å². The molecule has 1 aliphatic rings. The number of nitrogens with zero attached hydrogens (tertiary/aromatic N) is 1. The van der Waals surface area contributed by atoms with Gasteiger partial charge in [0.15, 0.2) is 11.5 Å². The number of carbonyl (C=O) groups excluding carboxylic acids is 2. The van der Waals surface area contributed by atoms with E-state index in [2.05, 4.69) is 10.3 Å². The van der Waals surface area contributed by atoms with Crippen LogP contribution in [0.5, 0.6) is 11.5 Å². The van der Waals surface area contributed by atoms with Crippen LogP contribution in [0, 0.1) is 6.92 Å². The molecule has 9 nitrogen and oxygen atoms in total. The van der Waals surface area contributed by atoms with Crippen LogP contribution in [0.2, 0.25) is 0 Å². The number of sulfonamides is 1. The molecule has 0 unspecified atom stereocenters. The lowest BCUT2D eigenvalue weighted by Gasteiger charge is -2.16. The zero-order valence-electron chi connectivity index (χ0n) is 17.5. The van der Waals surface area contributed by atoms with Crippen LogP contribution in [0.4, 0.5) is 0 Å². The highest BCUT2D eigenvalue weighted by Gasteiger charge is 2.38. The van der Waals surface area contributed by atoms with Crippen molar-refractivity contribution in [1.29, 1.82) is 0 Å². The average Bonchev–Trinajstić information content (AvgIpc) is 3.03. The number of benzene rings is 2. The summed E-state index contributed by atoms with van der Waals surface area (Å²) in [5.41, 5.74) is 4.28. The molecular formula is C21H25N3O6S. The van der Waals surface area contributed by atoms with Crippen molar-refractivity contribution in [2.24, 2.45) is 0 Å². The lowest BCUT2D eigenvalue weighted by molar-refractivity contribution is -0.138. The third-order valence-electron chi connectivity index (χ3n) is 5.01. The fourth-order valence-electron chi connectivity index (χ4n) is 3.23. The van der Waals surface area contributed by atoms with Gasteiger partial charge in [-0.15, -0.1) is 4.83 Å². The first-order valence-corrected chi connectivity index (χ1v) is 11.1. The summed E-state index contributed by atoms with van der Waals surface area (Å²) in [5, 5.41) is 0. The molecule has 166 valence electrons. The fraction of sp³-hybridized carbons (Fsp3) is 0.333.